The van der Waals surface area contributed by atoms with Crippen molar-refractivity contribution in [2.45, 2.75) is 32.4 Å². The number of methoxy groups -OCH3 is 1. The first-order valence-electron chi connectivity index (χ1n) is 6.94. The topological polar surface area (TPSA) is 73.6 Å². The Morgan fingerprint density at radius 2 is 2.14 bits per heavy atom. The molecule has 0 saturated carbocycles. The molecule has 0 fully saturated rings. The second-order valence-corrected chi connectivity index (χ2v) is 5.78. The maximum atomic E-state index is 12.0. The van der Waals surface area contributed by atoms with Gasteiger partial charge in [-0.1, -0.05) is 22.0 Å². The first kappa shape index (κ1) is 17.9. The summed E-state index contributed by atoms with van der Waals surface area (Å²) in [6.45, 7) is 4.79. The molecule has 0 heterocycles. The predicted molar refractivity (Wildman–Crippen MR) is 86.3 cm³/mol. The van der Waals surface area contributed by atoms with E-state index in [2.05, 4.69) is 21.2 Å². The van der Waals surface area contributed by atoms with E-state index in [0.29, 0.717) is 18.9 Å². The summed E-state index contributed by atoms with van der Waals surface area (Å²) in [5, 5.41) is 2.81. The number of hydrogen-bond acceptors (Lipinski definition) is 4. The Labute approximate surface area is 134 Å². The molecule has 21 heavy (non-hydrogen) atoms. The Kier molecular flexibility index (Phi) is 7.71. The summed E-state index contributed by atoms with van der Waals surface area (Å²) < 4.78 is 11.6. The van der Waals surface area contributed by atoms with Crippen molar-refractivity contribution in [2.75, 3.05) is 20.3 Å². The van der Waals surface area contributed by atoms with Crippen LogP contribution in [0.3, 0.4) is 0 Å². The molecule has 0 radical (unpaired) electrons. The SMILES string of the molecule is COCCCNC(=O)C(C)Oc1cc(Br)ccc1[C@@H](C)N. The summed E-state index contributed by atoms with van der Waals surface area (Å²) >= 11 is 3.40. The average Bonchev–Trinajstić information content (AvgIpc) is 2.43. The van der Waals surface area contributed by atoms with Crippen molar-refractivity contribution in [3.63, 3.8) is 0 Å². The summed E-state index contributed by atoms with van der Waals surface area (Å²) in [4.78, 5) is 12.0. The fraction of sp³-hybridized carbons (Fsp3) is 0.533. The van der Waals surface area contributed by atoms with E-state index in [0.717, 1.165) is 16.5 Å². The maximum absolute atomic E-state index is 12.0. The number of carbonyl (C=O) groups excluding carboxylic acids is 1. The molecule has 5 nitrogen and oxygen atoms in total. The van der Waals surface area contributed by atoms with Gasteiger partial charge >= 0.3 is 0 Å². The van der Waals surface area contributed by atoms with E-state index in [-0.39, 0.29) is 11.9 Å². The molecule has 0 aliphatic carbocycles. The number of ether oxygens (including phenoxy) is 2. The lowest BCUT2D eigenvalue weighted by molar-refractivity contribution is -0.127. The second kappa shape index (κ2) is 9.02. The van der Waals surface area contributed by atoms with Gasteiger partial charge in [0.1, 0.15) is 5.75 Å². The van der Waals surface area contributed by atoms with E-state index in [1.807, 2.05) is 25.1 Å². The molecule has 0 aromatic heterocycles. The minimum atomic E-state index is -0.584. The van der Waals surface area contributed by atoms with Gasteiger partial charge in [-0.25, -0.2) is 0 Å². The van der Waals surface area contributed by atoms with Crippen LogP contribution >= 0.6 is 15.9 Å². The molecule has 2 atom stereocenters. The lowest BCUT2D eigenvalue weighted by Crippen LogP contribution is -2.37. The van der Waals surface area contributed by atoms with E-state index in [4.69, 9.17) is 15.2 Å². The molecule has 0 aliphatic heterocycles. The van der Waals surface area contributed by atoms with Gasteiger partial charge in [0.2, 0.25) is 0 Å². The highest BCUT2D eigenvalue weighted by molar-refractivity contribution is 9.10. The summed E-state index contributed by atoms with van der Waals surface area (Å²) in [6, 6.07) is 5.46. The molecule has 1 amide bonds. The molecule has 0 saturated heterocycles. The van der Waals surface area contributed by atoms with Crippen LogP contribution in [-0.2, 0) is 9.53 Å². The Morgan fingerprint density at radius 3 is 2.76 bits per heavy atom. The first-order valence-corrected chi connectivity index (χ1v) is 7.73. The number of amides is 1. The summed E-state index contributed by atoms with van der Waals surface area (Å²) in [5.74, 6) is 0.473. The van der Waals surface area contributed by atoms with Crippen LogP contribution in [0, 0.1) is 0 Å². The molecule has 0 bridgehead atoms. The third kappa shape index (κ3) is 6.03. The number of nitrogens with two attached hydrogens (primary N) is 1. The highest BCUT2D eigenvalue weighted by atomic mass is 79.9. The normalized spacial score (nSPS) is 13.6. The van der Waals surface area contributed by atoms with Crippen LogP contribution in [0.5, 0.6) is 5.75 Å². The fourth-order valence-electron chi connectivity index (χ4n) is 1.80. The van der Waals surface area contributed by atoms with Gasteiger partial charge < -0.3 is 20.5 Å². The third-order valence-corrected chi connectivity index (χ3v) is 3.46. The van der Waals surface area contributed by atoms with Crippen molar-refractivity contribution in [3.8, 4) is 5.75 Å². The van der Waals surface area contributed by atoms with E-state index >= 15 is 0 Å². The number of benzene rings is 1. The van der Waals surface area contributed by atoms with Crippen LogP contribution < -0.4 is 15.8 Å². The largest absolute Gasteiger partial charge is 0.481 e. The minimum absolute atomic E-state index is 0.151. The van der Waals surface area contributed by atoms with E-state index in [9.17, 15) is 4.79 Å². The molecule has 1 unspecified atom stereocenters. The molecule has 6 heteroatoms. The fourth-order valence-corrected chi connectivity index (χ4v) is 2.14. The number of hydrogen-bond donors (Lipinski definition) is 2. The van der Waals surface area contributed by atoms with Crippen molar-refractivity contribution in [3.05, 3.63) is 28.2 Å². The molecular formula is C15H23BrN2O3. The van der Waals surface area contributed by atoms with Crippen molar-refractivity contribution in [2.24, 2.45) is 5.73 Å². The summed E-state index contributed by atoms with van der Waals surface area (Å²) in [7, 11) is 1.64. The van der Waals surface area contributed by atoms with Crippen LogP contribution in [0.2, 0.25) is 0 Å². The van der Waals surface area contributed by atoms with Gasteiger partial charge in [0.25, 0.3) is 5.91 Å². The number of nitrogens with one attached hydrogen (secondary N) is 1. The molecule has 1 aromatic carbocycles. The minimum Gasteiger partial charge on any atom is -0.481 e. The highest BCUT2D eigenvalue weighted by Gasteiger charge is 2.17. The van der Waals surface area contributed by atoms with Crippen molar-refractivity contribution < 1.29 is 14.3 Å². The lowest BCUT2D eigenvalue weighted by Gasteiger charge is -2.19. The maximum Gasteiger partial charge on any atom is 0.260 e. The Balaban J connectivity index is 2.63. The van der Waals surface area contributed by atoms with E-state index in [1.165, 1.54) is 0 Å². The van der Waals surface area contributed by atoms with Crippen LogP contribution in [0.15, 0.2) is 22.7 Å². The van der Waals surface area contributed by atoms with Gasteiger partial charge in [0.05, 0.1) is 0 Å². The molecule has 118 valence electrons. The molecule has 1 aromatic rings. The van der Waals surface area contributed by atoms with Gasteiger partial charge in [0, 0.05) is 36.3 Å². The van der Waals surface area contributed by atoms with Crippen LogP contribution in [0.25, 0.3) is 0 Å². The zero-order chi connectivity index (χ0) is 15.8. The smallest absolute Gasteiger partial charge is 0.260 e. The predicted octanol–water partition coefficient (Wildman–Crippen LogP) is 2.39. The molecule has 3 N–H and O–H groups in total. The number of rotatable bonds is 8. The zero-order valence-corrected chi connectivity index (χ0v) is 14.3. The molecular weight excluding hydrogens is 336 g/mol. The van der Waals surface area contributed by atoms with Gasteiger partial charge in [-0.3, -0.25) is 4.79 Å². The second-order valence-electron chi connectivity index (χ2n) is 4.87. The lowest BCUT2D eigenvalue weighted by atomic mass is 10.1. The van der Waals surface area contributed by atoms with Gasteiger partial charge in [-0.15, -0.1) is 0 Å². The summed E-state index contributed by atoms with van der Waals surface area (Å²) in [6.07, 6.45) is 0.191. The third-order valence-electron chi connectivity index (χ3n) is 2.96. The van der Waals surface area contributed by atoms with Crippen molar-refractivity contribution in [1.82, 2.24) is 5.32 Å². The Bertz CT molecular complexity index is 466. The molecule has 0 spiro atoms. The van der Waals surface area contributed by atoms with Crippen LogP contribution in [0.1, 0.15) is 31.9 Å². The van der Waals surface area contributed by atoms with Gasteiger partial charge in [-0.05, 0) is 32.4 Å². The van der Waals surface area contributed by atoms with Crippen LogP contribution in [-0.4, -0.2) is 32.3 Å². The highest BCUT2D eigenvalue weighted by Crippen LogP contribution is 2.28. The molecule has 0 aliphatic rings. The van der Waals surface area contributed by atoms with Crippen molar-refractivity contribution in [1.29, 1.82) is 0 Å². The standard InChI is InChI=1S/C15H23BrN2O3/c1-10(17)13-6-5-12(16)9-14(13)21-11(2)15(19)18-7-4-8-20-3/h5-6,9-11H,4,7-8,17H2,1-3H3,(H,18,19)/t10-,11?/m1/s1. The molecule has 1 rings (SSSR count). The Morgan fingerprint density at radius 1 is 1.43 bits per heavy atom. The first-order chi connectivity index (χ1) is 9.95. The van der Waals surface area contributed by atoms with Gasteiger partial charge in [0.15, 0.2) is 6.10 Å². The zero-order valence-electron chi connectivity index (χ0n) is 12.7. The van der Waals surface area contributed by atoms with E-state index < -0.39 is 6.10 Å². The van der Waals surface area contributed by atoms with Crippen molar-refractivity contribution >= 4 is 21.8 Å². The van der Waals surface area contributed by atoms with Crippen LogP contribution in [0.4, 0.5) is 0 Å². The average molecular weight is 359 g/mol. The number of halogens is 1. The Hall–Kier alpha value is -1.11. The van der Waals surface area contributed by atoms with E-state index in [1.54, 1.807) is 14.0 Å². The summed E-state index contributed by atoms with van der Waals surface area (Å²) in [5.41, 5.74) is 6.79. The quantitative estimate of drug-likeness (QED) is 0.699. The monoisotopic (exact) mass is 358 g/mol. The van der Waals surface area contributed by atoms with Gasteiger partial charge in [-0.2, -0.15) is 0 Å². The number of carbonyl (C=O) groups is 1.